The first kappa shape index (κ1) is 21.1. The highest BCUT2D eigenvalue weighted by Crippen LogP contribution is 2.36. The molecule has 1 heterocycles. The first-order valence-corrected chi connectivity index (χ1v) is 10.6. The molecule has 29 heavy (non-hydrogen) atoms. The van der Waals surface area contributed by atoms with Crippen molar-refractivity contribution >= 4 is 26.6 Å². The van der Waals surface area contributed by atoms with Crippen LogP contribution in [-0.2, 0) is 21.7 Å². The second kappa shape index (κ2) is 7.34. The van der Waals surface area contributed by atoms with Gasteiger partial charge >= 0.3 is 6.18 Å². The monoisotopic (exact) mass is 427 g/mol. The van der Waals surface area contributed by atoms with Crippen molar-refractivity contribution in [1.82, 2.24) is 9.78 Å². The number of benzene rings is 2. The Balaban J connectivity index is 2.17. The van der Waals surface area contributed by atoms with E-state index < -0.39 is 33.9 Å². The zero-order valence-electron chi connectivity index (χ0n) is 15.7. The average molecular weight is 427 g/mol. The Hall–Kier alpha value is -2.59. The van der Waals surface area contributed by atoms with E-state index in [2.05, 4.69) is 9.82 Å². The van der Waals surface area contributed by atoms with Crippen LogP contribution >= 0.6 is 0 Å². The number of rotatable bonds is 6. The molecule has 10 heteroatoms. The van der Waals surface area contributed by atoms with Crippen LogP contribution < -0.4 is 4.72 Å². The summed E-state index contributed by atoms with van der Waals surface area (Å²) in [4.78, 5) is 0. The fraction of sp³-hybridized carbons (Fsp3) is 0.316. The van der Waals surface area contributed by atoms with Crippen molar-refractivity contribution < 1.29 is 26.7 Å². The molecular weight excluding hydrogens is 407 g/mol. The second-order valence-corrected chi connectivity index (χ2v) is 8.54. The molecule has 0 aliphatic heterocycles. The summed E-state index contributed by atoms with van der Waals surface area (Å²) in [5.41, 5.74) is -0.576. The summed E-state index contributed by atoms with van der Waals surface area (Å²) in [6, 6.07) is 9.53. The van der Waals surface area contributed by atoms with Crippen molar-refractivity contribution in [2.75, 3.05) is 17.6 Å². The molecule has 1 atom stereocenters. The standard InChI is InChI=1S/C19H20F3N3O3S/c1-3-18(12-26,13-7-9-14(10-8-13)19(20,21)22)25-17-6-4-5-16(15(17)11-23-25)24-29(2,27)28/h4-11,24,26H,3,12H2,1-2H3. The highest BCUT2D eigenvalue weighted by molar-refractivity contribution is 7.92. The molecule has 2 aromatic carbocycles. The van der Waals surface area contributed by atoms with Gasteiger partial charge in [0.1, 0.15) is 5.54 Å². The number of fused-ring (bicyclic) bond motifs is 1. The summed E-state index contributed by atoms with van der Waals surface area (Å²) in [5, 5.41) is 15.1. The van der Waals surface area contributed by atoms with Crippen molar-refractivity contribution in [3.05, 3.63) is 59.8 Å². The van der Waals surface area contributed by atoms with Crippen molar-refractivity contribution in [2.45, 2.75) is 25.1 Å². The van der Waals surface area contributed by atoms with Crippen LogP contribution in [0.3, 0.4) is 0 Å². The van der Waals surface area contributed by atoms with Crippen molar-refractivity contribution in [3.63, 3.8) is 0 Å². The molecule has 0 saturated heterocycles. The normalized spacial score (nSPS) is 14.7. The minimum atomic E-state index is -4.46. The van der Waals surface area contributed by atoms with Crippen molar-refractivity contribution in [3.8, 4) is 0 Å². The summed E-state index contributed by atoms with van der Waals surface area (Å²) in [6.07, 6.45) is -1.62. The van der Waals surface area contributed by atoms with Crippen LogP contribution in [0.2, 0.25) is 0 Å². The van der Waals surface area contributed by atoms with Gasteiger partial charge in [0.2, 0.25) is 10.0 Å². The van der Waals surface area contributed by atoms with Crippen molar-refractivity contribution in [2.24, 2.45) is 0 Å². The third kappa shape index (κ3) is 3.95. The summed E-state index contributed by atoms with van der Waals surface area (Å²) < 4.78 is 66.0. The quantitative estimate of drug-likeness (QED) is 0.630. The van der Waals surface area contributed by atoms with Crippen LogP contribution in [0, 0.1) is 0 Å². The molecule has 1 aromatic heterocycles. The van der Waals surface area contributed by atoms with Crippen LogP contribution in [0.25, 0.3) is 10.9 Å². The Morgan fingerprint density at radius 1 is 1.10 bits per heavy atom. The maximum Gasteiger partial charge on any atom is 0.416 e. The van der Waals surface area contributed by atoms with Crippen LogP contribution in [0.5, 0.6) is 0 Å². The number of halogens is 3. The van der Waals surface area contributed by atoms with Crippen LogP contribution in [0.4, 0.5) is 18.9 Å². The second-order valence-electron chi connectivity index (χ2n) is 6.79. The molecule has 3 rings (SSSR count). The van der Waals surface area contributed by atoms with E-state index >= 15 is 0 Å². The number of nitrogens with zero attached hydrogens (tertiary/aromatic N) is 2. The molecule has 0 bridgehead atoms. The highest BCUT2D eigenvalue weighted by Gasteiger charge is 2.36. The summed E-state index contributed by atoms with van der Waals surface area (Å²) in [5.74, 6) is 0. The lowest BCUT2D eigenvalue weighted by Gasteiger charge is -2.33. The molecule has 0 radical (unpaired) electrons. The first-order valence-electron chi connectivity index (χ1n) is 8.75. The van der Waals surface area contributed by atoms with E-state index in [-0.39, 0.29) is 0 Å². The number of sulfonamides is 1. The van der Waals surface area contributed by atoms with Gasteiger partial charge in [-0.15, -0.1) is 0 Å². The first-order chi connectivity index (χ1) is 13.5. The smallest absolute Gasteiger partial charge is 0.393 e. The van der Waals surface area contributed by atoms with Gasteiger partial charge in [-0.05, 0) is 36.2 Å². The Morgan fingerprint density at radius 2 is 1.72 bits per heavy atom. The number of anilines is 1. The van der Waals surface area contributed by atoms with Gasteiger partial charge < -0.3 is 5.11 Å². The fourth-order valence-corrected chi connectivity index (χ4v) is 3.97. The Labute approximate surface area is 166 Å². The zero-order valence-corrected chi connectivity index (χ0v) is 16.5. The van der Waals surface area contributed by atoms with E-state index in [1.165, 1.54) is 23.0 Å². The maximum absolute atomic E-state index is 12.9. The predicted molar refractivity (Wildman–Crippen MR) is 104 cm³/mol. The van der Waals surface area contributed by atoms with Crippen LogP contribution in [0.1, 0.15) is 24.5 Å². The van der Waals surface area contributed by atoms with Gasteiger partial charge in [-0.25, -0.2) is 8.42 Å². The van der Waals surface area contributed by atoms with E-state index in [1.54, 1.807) is 25.1 Å². The van der Waals surface area contributed by atoms with Gasteiger partial charge in [0, 0.05) is 5.39 Å². The summed E-state index contributed by atoms with van der Waals surface area (Å²) in [6.45, 7) is 1.38. The van der Waals surface area contributed by atoms with E-state index in [1.807, 2.05) is 0 Å². The van der Waals surface area contributed by atoms with Gasteiger partial charge in [0.15, 0.2) is 0 Å². The Kier molecular flexibility index (Phi) is 5.35. The SMILES string of the molecule is CCC(CO)(c1ccc(C(F)(F)F)cc1)n1ncc2c(NS(C)(=O)=O)cccc21. The van der Waals surface area contributed by atoms with Gasteiger partial charge in [0.25, 0.3) is 0 Å². The number of aliphatic hydroxyl groups excluding tert-OH is 1. The summed E-state index contributed by atoms with van der Waals surface area (Å²) in [7, 11) is -3.52. The Morgan fingerprint density at radius 3 is 2.24 bits per heavy atom. The number of aliphatic hydroxyl groups is 1. The van der Waals surface area contributed by atoms with E-state index in [0.29, 0.717) is 28.6 Å². The van der Waals surface area contributed by atoms with Gasteiger partial charge in [-0.1, -0.05) is 25.1 Å². The largest absolute Gasteiger partial charge is 0.416 e. The van der Waals surface area contributed by atoms with Gasteiger partial charge in [-0.3, -0.25) is 9.40 Å². The number of hydrogen-bond donors (Lipinski definition) is 2. The van der Waals surface area contributed by atoms with Crippen molar-refractivity contribution in [1.29, 1.82) is 0 Å². The van der Waals surface area contributed by atoms with Crippen LogP contribution in [-0.4, -0.2) is 36.2 Å². The Bertz CT molecular complexity index is 1120. The molecule has 6 nitrogen and oxygen atoms in total. The topological polar surface area (TPSA) is 84.2 Å². The summed E-state index contributed by atoms with van der Waals surface area (Å²) >= 11 is 0. The molecule has 3 aromatic rings. The highest BCUT2D eigenvalue weighted by atomic mass is 32.2. The van der Waals surface area contributed by atoms with Gasteiger partial charge in [-0.2, -0.15) is 18.3 Å². The molecule has 0 aliphatic carbocycles. The maximum atomic E-state index is 12.9. The van der Waals surface area contributed by atoms with E-state index in [9.17, 15) is 26.7 Å². The molecule has 2 N–H and O–H groups in total. The molecule has 0 amide bonds. The lowest BCUT2D eigenvalue weighted by Crippen LogP contribution is -2.39. The minimum Gasteiger partial charge on any atom is -0.393 e. The average Bonchev–Trinajstić information content (AvgIpc) is 3.08. The lowest BCUT2D eigenvalue weighted by molar-refractivity contribution is -0.137. The molecule has 0 spiro atoms. The van der Waals surface area contributed by atoms with E-state index in [0.717, 1.165) is 18.4 Å². The number of aromatic nitrogens is 2. The fourth-order valence-electron chi connectivity index (χ4n) is 3.40. The zero-order chi connectivity index (χ0) is 21.4. The molecule has 0 saturated carbocycles. The number of hydrogen-bond acceptors (Lipinski definition) is 4. The minimum absolute atomic E-state index is 0.326. The lowest BCUT2D eigenvalue weighted by atomic mass is 9.87. The molecule has 1 unspecified atom stereocenters. The number of alkyl halides is 3. The predicted octanol–water partition coefficient (Wildman–Crippen LogP) is 3.57. The number of nitrogens with one attached hydrogen (secondary N) is 1. The molecule has 0 aliphatic rings. The molecule has 156 valence electrons. The van der Waals surface area contributed by atoms with E-state index in [4.69, 9.17) is 0 Å². The van der Waals surface area contributed by atoms with Gasteiger partial charge in [0.05, 0.1) is 35.8 Å². The molecule has 0 fully saturated rings. The van der Waals surface area contributed by atoms with Crippen LogP contribution in [0.15, 0.2) is 48.7 Å². The third-order valence-corrected chi connectivity index (χ3v) is 5.50. The molecular formula is C19H20F3N3O3S. The third-order valence-electron chi connectivity index (χ3n) is 4.91.